The number of nitrogens with zero attached hydrogens (tertiary/aromatic N) is 1. The van der Waals surface area contributed by atoms with Crippen molar-refractivity contribution in [2.75, 3.05) is 11.9 Å². The summed E-state index contributed by atoms with van der Waals surface area (Å²) in [5, 5.41) is 6.53. The highest BCUT2D eigenvalue weighted by Crippen LogP contribution is 2.30. The highest BCUT2D eigenvalue weighted by molar-refractivity contribution is 6.25. The van der Waals surface area contributed by atoms with Gasteiger partial charge in [0.2, 0.25) is 11.6 Å². The van der Waals surface area contributed by atoms with Gasteiger partial charge in [-0.1, -0.05) is 23.4 Å². The number of hydrogen-bond acceptors (Lipinski definition) is 6. The number of Topliss-reactive ketones (excluding diaryl/α,β-unsaturated/α-hetero) is 1. The molecule has 0 radical (unpaired) electrons. The molecule has 0 saturated heterocycles. The normalized spacial score (nSPS) is 13.7. The summed E-state index contributed by atoms with van der Waals surface area (Å²) in [6.07, 6.45) is 1.22. The van der Waals surface area contributed by atoms with Crippen LogP contribution in [0.5, 0.6) is 5.95 Å². The van der Waals surface area contributed by atoms with E-state index in [2.05, 4.69) is 10.5 Å². The zero-order valence-electron chi connectivity index (χ0n) is 11.3. The highest BCUT2D eigenvalue weighted by Gasteiger charge is 2.34. The average molecular weight is 284 g/mol. The number of aromatic nitrogens is 1. The Hall–Kier alpha value is -2.89. The molecule has 0 aliphatic heterocycles. The van der Waals surface area contributed by atoms with Gasteiger partial charge in [-0.2, -0.15) is 0 Å². The van der Waals surface area contributed by atoms with Crippen molar-refractivity contribution in [3.63, 3.8) is 0 Å². The van der Waals surface area contributed by atoms with Crippen molar-refractivity contribution in [2.45, 2.75) is 6.92 Å². The lowest BCUT2D eigenvalue weighted by molar-refractivity contribution is 0.0981. The van der Waals surface area contributed by atoms with Gasteiger partial charge in [-0.15, -0.1) is 0 Å². The van der Waals surface area contributed by atoms with E-state index >= 15 is 0 Å². The van der Waals surface area contributed by atoms with Gasteiger partial charge in [0, 0.05) is 11.8 Å². The predicted octanol–water partition coefficient (Wildman–Crippen LogP) is 2.45. The maximum absolute atomic E-state index is 12.5. The van der Waals surface area contributed by atoms with Crippen molar-refractivity contribution in [3.05, 3.63) is 53.4 Å². The van der Waals surface area contributed by atoms with E-state index in [-0.39, 0.29) is 28.7 Å². The number of anilines is 1. The first kappa shape index (κ1) is 13.1. The van der Waals surface area contributed by atoms with Crippen LogP contribution in [0.1, 0.15) is 27.8 Å². The lowest BCUT2D eigenvalue weighted by Crippen LogP contribution is -2.21. The third kappa shape index (κ3) is 2.31. The van der Waals surface area contributed by atoms with E-state index in [0.29, 0.717) is 12.3 Å². The third-order valence-electron chi connectivity index (χ3n) is 2.97. The molecule has 21 heavy (non-hydrogen) atoms. The molecule has 0 atom stereocenters. The quantitative estimate of drug-likeness (QED) is 0.928. The Labute approximate surface area is 120 Å². The summed E-state index contributed by atoms with van der Waals surface area (Å²) in [4.78, 5) is 24.5. The topological polar surface area (TPSA) is 81.4 Å². The third-order valence-corrected chi connectivity index (χ3v) is 2.97. The van der Waals surface area contributed by atoms with E-state index in [4.69, 9.17) is 9.26 Å². The van der Waals surface area contributed by atoms with E-state index < -0.39 is 5.78 Å². The number of carbonyl (C=O) groups is 2. The highest BCUT2D eigenvalue weighted by atomic mass is 16.6. The lowest BCUT2D eigenvalue weighted by Gasteiger charge is -2.13. The van der Waals surface area contributed by atoms with Gasteiger partial charge >= 0.3 is 5.95 Å². The molecule has 1 aliphatic rings. The van der Waals surface area contributed by atoms with Crippen LogP contribution in [-0.2, 0) is 0 Å². The SMILES string of the molecule is CCOc1onc2c1C(=O)C(Nc1ccccc1)=CC2=O. The molecule has 2 aromatic rings. The maximum atomic E-state index is 12.5. The second kappa shape index (κ2) is 5.24. The Kier molecular flexibility index (Phi) is 3.27. The number of para-hydroxylation sites is 1. The fraction of sp³-hybridized carbons (Fsp3) is 0.133. The van der Waals surface area contributed by atoms with Gasteiger partial charge in [0.15, 0.2) is 5.69 Å². The van der Waals surface area contributed by atoms with Gasteiger partial charge in [-0.05, 0) is 19.1 Å². The molecular weight excluding hydrogens is 272 g/mol. The second-order valence-corrected chi connectivity index (χ2v) is 4.37. The molecule has 1 aromatic heterocycles. The van der Waals surface area contributed by atoms with Crippen LogP contribution in [0.15, 0.2) is 46.6 Å². The van der Waals surface area contributed by atoms with E-state index in [1.165, 1.54) is 6.08 Å². The molecule has 1 aliphatic carbocycles. The van der Waals surface area contributed by atoms with Gasteiger partial charge < -0.3 is 14.6 Å². The fourth-order valence-corrected chi connectivity index (χ4v) is 2.04. The first-order valence-electron chi connectivity index (χ1n) is 6.46. The van der Waals surface area contributed by atoms with Crippen molar-refractivity contribution in [2.24, 2.45) is 0 Å². The van der Waals surface area contributed by atoms with Gasteiger partial charge in [0.1, 0.15) is 5.56 Å². The van der Waals surface area contributed by atoms with E-state index in [1.54, 1.807) is 19.1 Å². The Morgan fingerprint density at radius 2 is 2.00 bits per heavy atom. The number of ketones is 2. The number of fused-ring (bicyclic) bond motifs is 1. The molecule has 0 bridgehead atoms. The summed E-state index contributed by atoms with van der Waals surface area (Å²) >= 11 is 0. The van der Waals surface area contributed by atoms with Gasteiger partial charge in [0.25, 0.3) is 0 Å². The molecule has 1 N–H and O–H groups in total. The van der Waals surface area contributed by atoms with Crippen LogP contribution in [0.3, 0.4) is 0 Å². The molecule has 1 heterocycles. The van der Waals surface area contributed by atoms with E-state index in [1.807, 2.05) is 18.2 Å². The molecule has 3 rings (SSSR count). The smallest absolute Gasteiger partial charge is 0.323 e. The zero-order chi connectivity index (χ0) is 14.8. The summed E-state index contributed by atoms with van der Waals surface area (Å²) in [7, 11) is 0. The van der Waals surface area contributed by atoms with Crippen molar-refractivity contribution in [3.8, 4) is 5.95 Å². The minimum atomic E-state index is -0.391. The number of allylic oxidation sites excluding steroid dienone is 2. The standard InChI is InChI=1S/C15H12N2O4/c1-2-20-15-12-13(17-21-15)11(18)8-10(14(12)19)16-9-6-4-3-5-7-9/h3-8,16H,2H2,1H3. The predicted molar refractivity (Wildman–Crippen MR) is 74.5 cm³/mol. The molecule has 6 nitrogen and oxygen atoms in total. The minimum Gasteiger partial charge on any atom is -0.464 e. The Morgan fingerprint density at radius 3 is 2.71 bits per heavy atom. The van der Waals surface area contributed by atoms with Crippen molar-refractivity contribution in [1.29, 1.82) is 0 Å². The molecular formula is C15H12N2O4. The van der Waals surface area contributed by atoms with Crippen molar-refractivity contribution in [1.82, 2.24) is 5.16 Å². The number of hydrogen-bond donors (Lipinski definition) is 1. The molecule has 0 amide bonds. The number of nitrogens with one attached hydrogen (secondary N) is 1. The molecule has 1 aromatic carbocycles. The molecule has 6 heteroatoms. The number of benzene rings is 1. The Morgan fingerprint density at radius 1 is 1.24 bits per heavy atom. The van der Waals surface area contributed by atoms with E-state index in [0.717, 1.165) is 0 Å². The molecule has 106 valence electrons. The van der Waals surface area contributed by atoms with Crippen LogP contribution in [-0.4, -0.2) is 23.3 Å². The van der Waals surface area contributed by atoms with Crippen LogP contribution >= 0.6 is 0 Å². The van der Waals surface area contributed by atoms with Gasteiger partial charge in [-0.25, -0.2) is 0 Å². The van der Waals surface area contributed by atoms with Crippen LogP contribution in [0.2, 0.25) is 0 Å². The first-order valence-corrected chi connectivity index (χ1v) is 6.46. The summed E-state index contributed by atoms with van der Waals surface area (Å²) in [6, 6.07) is 9.11. The van der Waals surface area contributed by atoms with Crippen LogP contribution in [0.25, 0.3) is 0 Å². The molecule has 0 unspecified atom stereocenters. The van der Waals surface area contributed by atoms with E-state index in [9.17, 15) is 9.59 Å². The van der Waals surface area contributed by atoms with Crippen molar-refractivity contribution < 1.29 is 18.8 Å². The Balaban J connectivity index is 1.95. The average Bonchev–Trinajstić information content (AvgIpc) is 2.91. The van der Waals surface area contributed by atoms with Crippen LogP contribution in [0.4, 0.5) is 5.69 Å². The first-order chi connectivity index (χ1) is 10.2. The minimum absolute atomic E-state index is 0.0120. The van der Waals surface area contributed by atoms with Gasteiger partial charge in [0.05, 0.1) is 12.3 Å². The largest absolute Gasteiger partial charge is 0.464 e. The molecule has 0 spiro atoms. The summed E-state index contributed by atoms with van der Waals surface area (Å²) in [6.45, 7) is 2.07. The van der Waals surface area contributed by atoms with Gasteiger partial charge in [-0.3, -0.25) is 9.59 Å². The van der Waals surface area contributed by atoms with Crippen LogP contribution < -0.4 is 10.1 Å². The monoisotopic (exact) mass is 284 g/mol. The summed E-state index contributed by atoms with van der Waals surface area (Å²) in [5.74, 6) is -0.790. The number of rotatable bonds is 4. The maximum Gasteiger partial charge on any atom is 0.323 e. The number of ether oxygens (including phenoxy) is 1. The lowest BCUT2D eigenvalue weighted by atomic mass is 9.99. The fourth-order valence-electron chi connectivity index (χ4n) is 2.04. The molecule has 0 saturated carbocycles. The summed E-state index contributed by atoms with van der Waals surface area (Å²) in [5.41, 5.74) is 0.940. The second-order valence-electron chi connectivity index (χ2n) is 4.37. The Bertz CT molecular complexity index is 731. The van der Waals surface area contributed by atoms with Crippen LogP contribution in [0, 0.1) is 0 Å². The van der Waals surface area contributed by atoms with Crippen molar-refractivity contribution >= 4 is 17.3 Å². The number of carbonyl (C=O) groups excluding carboxylic acids is 2. The zero-order valence-corrected chi connectivity index (χ0v) is 11.3. The molecule has 0 fully saturated rings. The summed E-state index contributed by atoms with van der Waals surface area (Å²) < 4.78 is 10.1.